The molecule has 3 rings (SSSR count). The van der Waals surface area contributed by atoms with Gasteiger partial charge in [-0.05, 0) is 18.2 Å². The molecule has 0 atom stereocenters. The molecule has 3 aromatic rings. The number of aromatic nitrogens is 4. The summed E-state index contributed by atoms with van der Waals surface area (Å²) in [6.07, 6.45) is 3.45. The summed E-state index contributed by atoms with van der Waals surface area (Å²) in [6.45, 7) is 0. The highest BCUT2D eigenvalue weighted by atomic mass is 15.1. The molecule has 16 heavy (non-hydrogen) atoms. The molecule has 0 bridgehead atoms. The summed E-state index contributed by atoms with van der Waals surface area (Å²) >= 11 is 0. The van der Waals surface area contributed by atoms with Gasteiger partial charge in [0, 0.05) is 19.4 Å². The van der Waals surface area contributed by atoms with Crippen LogP contribution in [-0.2, 0) is 7.05 Å². The molecule has 0 unspecified atom stereocenters. The van der Waals surface area contributed by atoms with Crippen LogP contribution >= 0.6 is 0 Å². The first-order valence-electron chi connectivity index (χ1n) is 5.05. The summed E-state index contributed by atoms with van der Waals surface area (Å²) in [6, 6.07) is 9.80. The number of fused-ring (bicyclic) bond motifs is 1. The van der Waals surface area contributed by atoms with Crippen molar-refractivity contribution in [2.75, 3.05) is 0 Å². The van der Waals surface area contributed by atoms with Crippen LogP contribution in [0.25, 0.3) is 22.7 Å². The average molecular weight is 210 g/mol. The maximum Gasteiger partial charge on any atom is 0.195 e. The van der Waals surface area contributed by atoms with Crippen molar-refractivity contribution in [3.8, 4) is 11.6 Å². The average Bonchev–Trinajstić information content (AvgIpc) is 2.69. The SMILES string of the molecule is Cn1c(-c2ncccn2)nc2ccccc21. The lowest BCUT2D eigenvalue weighted by atomic mass is 10.3. The molecule has 4 heteroatoms. The first-order chi connectivity index (χ1) is 7.86. The van der Waals surface area contributed by atoms with Gasteiger partial charge in [-0.15, -0.1) is 0 Å². The van der Waals surface area contributed by atoms with Crippen LogP contribution in [-0.4, -0.2) is 19.5 Å². The van der Waals surface area contributed by atoms with Gasteiger partial charge in [0.15, 0.2) is 11.6 Å². The van der Waals surface area contributed by atoms with Crippen molar-refractivity contribution < 1.29 is 0 Å². The van der Waals surface area contributed by atoms with Gasteiger partial charge in [-0.2, -0.15) is 0 Å². The van der Waals surface area contributed by atoms with E-state index in [9.17, 15) is 0 Å². The van der Waals surface area contributed by atoms with E-state index in [4.69, 9.17) is 0 Å². The number of imidazole rings is 1. The van der Waals surface area contributed by atoms with Crippen LogP contribution in [0.2, 0.25) is 0 Å². The summed E-state index contributed by atoms with van der Waals surface area (Å²) in [7, 11) is 1.97. The summed E-state index contributed by atoms with van der Waals surface area (Å²) in [5.41, 5.74) is 2.05. The van der Waals surface area contributed by atoms with Gasteiger partial charge in [-0.3, -0.25) is 0 Å². The van der Waals surface area contributed by atoms with Crippen LogP contribution in [0, 0.1) is 0 Å². The van der Waals surface area contributed by atoms with Crippen LogP contribution in [0.3, 0.4) is 0 Å². The van der Waals surface area contributed by atoms with Crippen molar-refractivity contribution in [2.45, 2.75) is 0 Å². The molecule has 2 aromatic heterocycles. The molecule has 0 saturated heterocycles. The molecule has 1 aromatic carbocycles. The smallest absolute Gasteiger partial charge is 0.195 e. The molecule has 0 aliphatic heterocycles. The zero-order valence-electron chi connectivity index (χ0n) is 8.83. The van der Waals surface area contributed by atoms with Gasteiger partial charge < -0.3 is 4.57 Å². The zero-order chi connectivity index (χ0) is 11.0. The quantitative estimate of drug-likeness (QED) is 0.617. The Morgan fingerprint density at radius 1 is 1.00 bits per heavy atom. The van der Waals surface area contributed by atoms with Crippen molar-refractivity contribution in [3.63, 3.8) is 0 Å². The van der Waals surface area contributed by atoms with Gasteiger partial charge in [0.05, 0.1) is 11.0 Å². The number of hydrogen-bond donors (Lipinski definition) is 0. The molecular weight excluding hydrogens is 200 g/mol. The Balaban J connectivity index is 2.29. The minimum atomic E-state index is 0.654. The fourth-order valence-corrected chi connectivity index (χ4v) is 1.76. The second kappa shape index (κ2) is 3.41. The van der Waals surface area contributed by atoms with Crippen LogP contribution in [0.1, 0.15) is 0 Å². The van der Waals surface area contributed by atoms with E-state index in [-0.39, 0.29) is 0 Å². The Hall–Kier alpha value is -2.23. The third kappa shape index (κ3) is 1.27. The normalized spacial score (nSPS) is 10.8. The Kier molecular flexibility index (Phi) is 1.93. The second-order valence-electron chi connectivity index (χ2n) is 3.56. The van der Waals surface area contributed by atoms with Crippen molar-refractivity contribution in [2.24, 2.45) is 7.05 Å². The molecule has 0 amide bonds. The number of rotatable bonds is 1. The fourth-order valence-electron chi connectivity index (χ4n) is 1.76. The Bertz CT molecular complexity index is 628. The van der Waals surface area contributed by atoms with E-state index >= 15 is 0 Å². The minimum absolute atomic E-state index is 0.654. The minimum Gasteiger partial charge on any atom is -0.324 e. The second-order valence-corrected chi connectivity index (χ2v) is 3.56. The third-order valence-electron chi connectivity index (χ3n) is 2.55. The molecule has 0 saturated carbocycles. The number of para-hydroxylation sites is 2. The lowest BCUT2D eigenvalue weighted by molar-refractivity contribution is 0.935. The van der Waals surface area contributed by atoms with Gasteiger partial charge in [-0.25, -0.2) is 15.0 Å². The molecule has 0 radical (unpaired) electrons. The summed E-state index contributed by atoms with van der Waals surface area (Å²) in [5, 5.41) is 0. The van der Waals surface area contributed by atoms with Crippen LogP contribution in [0.15, 0.2) is 42.7 Å². The Labute approximate surface area is 92.6 Å². The van der Waals surface area contributed by atoms with Crippen molar-refractivity contribution in [3.05, 3.63) is 42.7 Å². The summed E-state index contributed by atoms with van der Waals surface area (Å²) < 4.78 is 2.00. The first-order valence-corrected chi connectivity index (χ1v) is 5.05. The molecule has 0 aliphatic carbocycles. The molecule has 4 nitrogen and oxygen atoms in total. The van der Waals surface area contributed by atoms with E-state index in [0.29, 0.717) is 5.82 Å². The summed E-state index contributed by atoms with van der Waals surface area (Å²) in [5.74, 6) is 1.45. The summed E-state index contributed by atoms with van der Waals surface area (Å²) in [4.78, 5) is 12.9. The highest BCUT2D eigenvalue weighted by Gasteiger charge is 2.10. The molecule has 0 aliphatic rings. The zero-order valence-corrected chi connectivity index (χ0v) is 8.83. The van der Waals surface area contributed by atoms with Crippen LogP contribution in [0.4, 0.5) is 0 Å². The lowest BCUT2D eigenvalue weighted by Gasteiger charge is -1.99. The highest BCUT2D eigenvalue weighted by Crippen LogP contribution is 2.19. The van der Waals surface area contributed by atoms with Crippen molar-refractivity contribution >= 4 is 11.0 Å². The van der Waals surface area contributed by atoms with E-state index < -0.39 is 0 Å². The molecule has 2 heterocycles. The third-order valence-corrected chi connectivity index (χ3v) is 2.55. The number of hydrogen-bond acceptors (Lipinski definition) is 3. The van der Waals surface area contributed by atoms with Gasteiger partial charge in [0.2, 0.25) is 0 Å². The van der Waals surface area contributed by atoms with Crippen molar-refractivity contribution in [1.82, 2.24) is 19.5 Å². The number of aryl methyl sites for hydroxylation is 1. The molecule has 0 N–H and O–H groups in total. The van der Waals surface area contributed by atoms with E-state index in [0.717, 1.165) is 16.9 Å². The Morgan fingerprint density at radius 3 is 2.50 bits per heavy atom. The van der Waals surface area contributed by atoms with E-state index in [1.165, 1.54) is 0 Å². The first kappa shape index (κ1) is 9.03. The van der Waals surface area contributed by atoms with Gasteiger partial charge in [0.1, 0.15) is 0 Å². The number of benzene rings is 1. The maximum absolute atomic E-state index is 4.52. The van der Waals surface area contributed by atoms with Crippen molar-refractivity contribution in [1.29, 1.82) is 0 Å². The van der Waals surface area contributed by atoms with Crippen LogP contribution < -0.4 is 0 Å². The molecule has 78 valence electrons. The van der Waals surface area contributed by atoms with E-state index in [2.05, 4.69) is 15.0 Å². The molecule has 0 fully saturated rings. The molecular formula is C12H10N4. The molecule has 0 spiro atoms. The Morgan fingerprint density at radius 2 is 1.75 bits per heavy atom. The van der Waals surface area contributed by atoms with Crippen LogP contribution in [0.5, 0.6) is 0 Å². The lowest BCUT2D eigenvalue weighted by Crippen LogP contribution is -1.96. The van der Waals surface area contributed by atoms with E-state index in [1.54, 1.807) is 18.5 Å². The fraction of sp³-hybridized carbons (Fsp3) is 0.0833. The predicted octanol–water partition coefficient (Wildman–Crippen LogP) is 2.03. The predicted molar refractivity (Wildman–Crippen MR) is 61.7 cm³/mol. The van der Waals surface area contributed by atoms with E-state index in [1.807, 2.05) is 35.9 Å². The van der Waals surface area contributed by atoms with Gasteiger partial charge in [0.25, 0.3) is 0 Å². The standard InChI is InChI=1S/C12H10N4/c1-16-10-6-3-2-5-9(10)15-12(16)11-13-7-4-8-14-11/h2-8H,1H3. The highest BCUT2D eigenvalue weighted by molar-refractivity contribution is 5.79. The number of nitrogens with zero attached hydrogens (tertiary/aromatic N) is 4. The topological polar surface area (TPSA) is 43.6 Å². The van der Waals surface area contributed by atoms with Gasteiger partial charge >= 0.3 is 0 Å². The maximum atomic E-state index is 4.52. The van der Waals surface area contributed by atoms with Gasteiger partial charge in [-0.1, -0.05) is 12.1 Å². The largest absolute Gasteiger partial charge is 0.324 e. The monoisotopic (exact) mass is 210 g/mol.